The first-order chi connectivity index (χ1) is 8.48. The maximum absolute atomic E-state index is 13.2. The summed E-state index contributed by atoms with van der Waals surface area (Å²) in [6, 6.07) is 4.39. The number of likely N-dealkylation sites (N-methyl/N-ethyl adjacent to an activating group) is 1. The van der Waals surface area contributed by atoms with Gasteiger partial charge in [-0.15, -0.1) is 0 Å². The van der Waals surface area contributed by atoms with Crippen LogP contribution in [0.1, 0.15) is 31.2 Å². The van der Waals surface area contributed by atoms with Gasteiger partial charge in [0.25, 0.3) is 0 Å². The van der Waals surface area contributed by atoms with E-state index in [1.54, 1.807) is 6.07 Å². The fraction of sp³-hybridized carbons (Fsp3) is 0.571. The van der Waals surface area contributed by atoms with E-state index >= 15 is 0 Å². The van der Waals surface area contributed by atoms with E-state index in [2.05, 4.69) is 0 Å². The standard InChI is InChI=1S/C14H19ClFNO/c1-17(10-14(18)6-2-3-7-14)9-11-8-12(16)4-5-13(11)15/h4-5,8,18H,2-3,6-7,9-10H2,1H3. The van der Waals surface area contributed by atoms with Crippen LogP contribution in [0.2, 0.25) is 5.02 Å². The van der Waals surface area contributed by atoms with Gasteiger partial charge in [0.1, 0.15) is 5.82 Å². The first kappa shape index (κ1) is 13.8. The van der Waals surface area contributed by atoms with Crippen molar-refractivity contribution in [1.29, 1.82) is 0 Å². The Bertz CT molecular complexity index is 418. The molecule has 0 radical (unpaired) electrons. The molecule has 2 nitrogen and oxygen atoms in total. The Kier molecular flexibility index (Phi) is 4.25. The topological polar surface area (TPSA) is 23.5 Å². The second kappa shape index (κ2) is 5.55. The molecule has 1 N–H and O–H groups in total. The molecule has 0 saturated heterocycles. The van der Waals surface area contributed by atoms with Crippen LogP contribution in [0.3, 0.4) is 0 Å². The van der Waals surface area contributed by atoms with Crippen molar-refractivity contribution in [1.82, 2.24) is 4.90 Å². The largest absolute Gasteiger partial charge is 0.389 e. The molecule has 0 aliphatic heterocycles. The Morgan fingerprint density at radius 1 is 1.39 bits per heavy atom. The molecule has 0 atom stereocenters. The number of halogens is 2. The van der Waals surface area contributed by atoms with Crippen molar-refractivity contribution in [3.05, 3.63) is 34.6 Å². The van der Waals surface area contributed by atoms with E-state index in [0.717, 1.165) is 31.2 Å². The highest BCUT2D eigenvalue weighted by molar-refractivity contribution is 6.31. The molecule has 0 amide bonds. The fourth-order valence-corrected chi connectivity index (χ4v) is 2.88. The summed E-state index contributed by atoms with van der Waals surface area (Å²) in [6.45, 7) is 1.17. The normalized spacial score (nSPS) is 18.5. The molecule has 1 aliphatic rings. The molecule has 4 heteroatoms. The number of hydrogen-bond acceptors (Lipinski definition) is 2. The van der Waals surface area contributed by atoms with E-state index in [1.807, 2.05) is 11.9 Å². The molecule has 0 heterocycles. The Morgan fingerprint density at radius 3 is 2.72 bits per heavy atom. The molecule has 1 saturated carbocycles. The summed E-state index contributed by atoms with van der Waals surface area (Å²) in [5.41, 5.74) is 0.190. The van der Waals surface area contributed by atoms with E-state index in [-0.39, 0.29) is 5.82 Å². The van der Waals surface area contributed by atoms with Crippen molar-refractivity contribution in [3.8, 4) is 0 Å². The molecule has 0 spiro atoms. The quantitative estimate of drug-likeness (QED) is 0.909. The van der Waals surface area contributed by atoms with Crippen LogP contribution in [0.4, 0.5) is 4.39 Å². The van der Waals surface area contributed by atoms with Gasteiger partial charge in [0.15, 0.2) is 0 Å². The highest BCUT2D eigenvalue weighted by Crippen LogP contribution is 2.30. The van der Waals surface area contributed by atoms with Crippen molar-refractivity contribution in [3.63, 3.8) is 0 Å². The summed E-state index contributed by atoms with van der Waals surface area (Å²) < 4.78 is 13.2. The second-order valence-corrected chi connectivity index (χ2v) is 5.75. The van der Waals surface area contributed by atoms with Crippen molar-refractivity contribution >= 4 is 11.6 Å². The zero-order valence-electron chi connectivity index (χ0n) is 10.6. The maximum atomic E-state index is 13.2. The SMILES string of the molecule is CN(Cc1cc(F)ccc1Cl)CC1(O)CCCC1. The average molecular weight is 272 g/mol. The summed E-state index contributed by atoms with van der Waals surface area (Å²) >= 11 is 6.04. The van der Waals surface area contributed by atoms with Gasteiger partial charge in [-0.05, 0) is 43.7 Å². The van der Waals surface area contributed by atoms with Gasteiger partial charge in [0.05, 0.1) is 5.60 Å². The van der Waals surface area contributed by atoms with Gasteiger partial charge >= 0.3 is 0 Å². The lowest BCUT2D eigenvalue weighted by molar-refractivity contribution is 0.0145. The van der Waals surface area contributed by atoms with Gasteiger partial charge in [-0.25, -0.2) is 4.39 Å². The van der Waals surface area contributed by atoms with Crippen molar-refractivity contribution in [2.45, 2.75) is 37.8 Å². The van der Waals surface area contributed by atoms with E-state index in [9.17, 15) is 9.50 Å². The van der Waals surface area contributed by atoms with Crippen molar-refractivity contribution in [2.75, 3.05) is 13.6 Å². The minimum Gasteiger partial charge on any atom is -0.389 e. The van der Waals surface area contributed by atoms with Crippen LogP contribution in [0, 0.1) is 5.82 Å². The molecule has 1 aliphatic carbocycles. The van der Waals surface area contributed by atoms with Gasteiger partial charge in [-0.1, -0.05) is 24.4 Å². The van der Waals surface area contributed by atoms with Crippen molar-refractivity contribution in [2.24, 2.45) is 0 Å². The number of aliphatic hydroxyl groups is 1. The monoisotopic (exact) mass is 271 g/mol. The minimum absolute atomic E-state index is 0.276. The molecule has 0 unspecified atom stereocenters. The van der Waals surface area contributed by atoms with Gasteiger partial charge in [-0.2, -0.15) is 0 Å². The van der Waals surface area contributed by atoms with Gasteiger partial charge in [0.2, 0.25) is 0 Å². The Labute approximate surface area is 112 Å². The minimum atomic E-state index is -0.575. The van der Waals surface area contributed by atoms with Crippen LogP contribution in [-0.4, -0.2) is 29.2 Å². The number of nitrogens with zero attached hydrogens (tertiary/aromatic N) is 1. The highest BCUT2D eigenvalue weighted by Gasteiger charge is 2.32. The average Bonchev–Trinajstić information content (AvgIpc) is 2.70. The third kappa shape index (κ3) is 3.44. The second-order valence-electron chi connectivity index (χ2n) is 5.34. The van der Waals surface area contributed by atoms with Crippen molar-refractivity contribution < 1.29 is 9.50 Å². The predicted molar refractivity (Wildman–Crippen MR) is 71.2 cm³/mol. The molecule has 0 aromatic heterocycles. The third-order valence-corrected chi connectivity index (χ3v) is 3.92. The molecule has 1 fully saturated rings. The summed E-state index contributed by atoms with van der Waals surface area (Å²) in [5.74, 6) is -0.276. The smallest absolute Gasteiger partial charge is 0.123 e. The van der Waals surface area contributed by atoms with Gasteiger partial charge in [0, 0.05) is 18.1 Å². The highest BCUT2D eigenvalue weighted by atomic mass is 35.5. The zero-order valence-corrected chi connectivity index (χ0v) is 11.4. The third-order valence-electron chi connectivity index (χ3n) is 3.55. The van der Waals surface area contributed by atoms with Gasteiger partial charge in [-0.3, -0.25) is 4.90 Å². The lowest BCUT2D eigenvalue weighted by Crippen LogP contribution is -2.38. The first-order valence-corrected chi connectivity index (χ1v) is 6.71. The van der Waals surface area contributed by atoms with Crippen LogP contribution in [-0.2, 0) is 6.54 Å². The van der Waals surface area contributed by atoms with Crippen LogP contribution >= 0.6 is 11.6 Å². The first-order valence-electron chi connectivity index (χ1n) is 6.33. The summed E-state index contributed by atoms with van der Waals surface area (Å²) in [6.07, 6.45) is 3.89. The number of rotatable bonds is 4. The Balaban J connectivity index is 1.98. The molecule has 18 heavy (non-hydrogen) atoms. The summed E-state index contributed by atoms with van der Waals surface area (Å²) in [4.78, 5) is 2.01. The molecule has 1 aromatic carbocycles. The number of hydrogen-bond donors (Lipinski definition) is 1. The van der Waals surface area contributed by atoms with E-state index in [0.29, 0.717) is 18.1 Å². The van der Waals surface area contributed by atoms with Crippen LogP contribution in [0.5, 0.6) is 0 Å². The summed E-state index contributed by atoms with van der Waals surface area (Å²) in [5, 5.41) is 10.9. The molecular formula is C14H19ClFNO. The molecular weight excluding hydrogens is 253 g/mol. The Hall–Kier alpha value is -0.640. The lowest BCUT2D eigenvalue weighted by atomic mass is 10.0. The fourth-order valence-electron chi connectivity index (χ4n) is 2.70. The van der Waals surface area contributed by atoms with Crippen LogP contribution in [0.15, 0.2) is 18.2 Å². The molecule has 0 bridgehead atoms. The van der Waals surface area contributed by atoms with E-state index in [1.165, 1.54) is 12.1 Å². The lowest BCUT2D eigenvalue weighted by Gasteiger charge is -2.28. The molecule has 1 aromatic rings. The maximum Gasteiger partial charge on any atom is 0.123 e. The van der Waals surface area contributed by atoms with Gasteiger partial charge < -0.3 is 5.11 Å². The zero-order chi connectivity index (χ0) is 13.2. The molecule has 100 valence electrons. The van der Waals surface area contributed by atoms with E-state index in [4.69, 9.17) is 11.6 Å². The Morgan fingerprint density at radius 2 is 2.06 bits per heavy atom. The molecule has 2 rings (SSSR count). The van der Waals surface area contributed by atoms with Crippen LogP contribution in [0.25, 0.3) is 0 Å². The number of benzene rings is 1. The predicted octanol–water partition coefficient (Wildman–Crippen LogP) is 3.22. The van der Waals surface area contributed by atoms with E-state index < -0.39 is 5.60 Å². The summed E-state index contributed by atoms with van der Waals surface area (Å²) in [7, 11) is 1.93. The van der Waals surface area contributed by atoms with Crippen LogP contribution < -0.4 is 0 Å².